The topological polar surface area (TPSA) is 6.48 Å². The first kappa shape index (κ1) is 5.85. The van der Waals surface area contributed by atoms with Crippen LogP contribution >= 0.6 is 10.7 Å². The standard InChI is InChI=1S/C5H10N2S/c1-6-4-5-8(3)7(6)2/h4-5H,3H2,1-2H3. The number of nitrogens with zero attached hydrogens (tertiary/aromatic N) is 2. The van der Waals surface area contributed by atoms with Gasteiger partial charge in [0.2, 0.25) is 0 Å². The highest BCUT2D eigenvalue weighted by molar-refractivity contribution is 8.14. The molecule has 0 fully saturated rings. The highest BCUT2D eigenvalue weighted by atomic mass is 32.2. The van der Waals surface area contributed by atoms with Crippen LogP contribution < -0.4 is 0 Å². The summed E-state index contributed by atoms with van der Waals surface area (Å²) in [7, 11) is 4.11. The van der Waals surface area contributed by atoms with Gasteiger partial charge in [0.15, 0.2) is 0 Å². The molecule has 1 unspecified atom stereocenters. The molecule has 0 N–H and O–H groups in total. The molecule has 2 nitrogen and oxygen atoms in total. The van der Waals surface area contributed by atoms with Crippen LogP contribution in [0.4, 0.5) is 0 Å². The van der Waals surface area contributed by atoms with Crippen LogP contribution in [-0.4, -0.2) is 29.4 Å². The van der Waals surface area contributed by atoms with E-state index in [2.05, 4.69) is 15.7 Å². The van der Waals surface area contributed by atoms with Gasteiger partial charge in [0, 0.05) is 20.3 Å². The fourth-order valence-electron chi connectivity index (χ4n) is 0.506. The molecule has 0 spiro atoms. The summed E-state index contributed by atoms with van der Waals surface area (Å²) in [5.41, 5.74) is 0. The van der Waals surface area contributed by atoms with Gasteiger partial charge in [-0.2, -0.15) is 4.41 Å². The second-order valence-corrected chi connectivity index (χ2v) is 3.33. The smallest absolute Gasteiger partial charge is 0.0237 e. The largest absolute Gasteiger partial charge is 0.306 e. The summed E-state index contributed by atoms with van der Waals surface area (Å²) in [6.07, 6.45) is 2.02. The van der Waals surface area contributed by atoms with Crippen molar-refractivity contribution in [3.05, 3.63) is 11.6 Å². The summed E-state index contributed by atoms with van der Waals surface area (Å²) in [5.74, 6) is 3.89. The first-order valence-electron chi connectivity index (χ1n) is 2.39. The minimum atomic E-state index is 0.0810. The number of hydrazine groups is 1. The average molecular weight is 130 g/mol. The summed E-state index contributed by atoms with van der Waals surface area (Å²) in [6, 6.07) is 0. The lowest BCUT2D eigenvalue weighted by molar-refractivity contribution is 0.220. The molecule has 1 atom stereocenters. The normalized spacial score (nSPS) is 29.8. The molecule has 1 aliphatic heterocycles. The predicted octanol–water partition coefficient (Wildman–Crippen LogP) is 0.866. The third-order valence-corrected chi connectivity index (χ3v) is 2.59. The maximum Gasteiger partial charge on any atom is 0.0237 e. The molecule has 0 radical (unpaired) electrons. The van der Waals surface area contributed by atoms with Crippen molar-refractivity contribution in [3.63, 3.8) is 0 Å². The van der Waals surface area contributed by atoms with Crippen molar-refractivity contribution >= 4 is 16.5 Å². The first-order chi connectivity index (χ1) is 3.72. The third kappa shape index (κ3) is 0.788. The lowest BCUT2D eigenvalue weighted by atomic mass is 10.9. The highest BCUT2D eigenvalue weighted by Crippen LogP contribution is 2.24. The summed E-state index contributed by atoms with van der Waals surface area (Å²) in [6.45, 7) is 0. The van der Waals surface area contributed by atoms with Crippen LogP contribution in [0.2, 0.25) is 0 Å². The molecule has 1 heterocycles. The van der Waals surface area contributed by atoms with E-state index in [1.807, 2.05) is 25.3 Å². The average Bonchev–Trinajstić information content (AvgIpc) is 1.98. The second kappa shape index (κ2) is 1.91. The Labute approximate surface area is 52.4 Å². The van der Waals surface area contributed by atoms with Gasteiger partial charge in [-0.15, -0.1) is 0 Å². The van der Waals surface area contributed by atoms with Crippen molar-refractivity contribution in [2.45, 2.75) is 0 Å². The number of hydrogen-bond acceptors (Lipinski definition) is 2. The zero-order valence-corrected chi connectivity index (χ0v) is 5.98. The highest BCUT2D eigenvalue weighted by Gasteiger charge is 2.07. The van der Waals surface area contributed by atoms with Gasteiger partial charge in [0.25, 0.3) is 0 Å². The van der Waals surface area contributed by atoms with Crippen LogP contribution in [0.25, 0.3) is 0 Å². The van der Waals surface area contributed by atoms with Crippen LogP contribution in [-0.2, 0) is 0 Å². The number of rotatable bonds is 0. The van der Waals surface area contributed by atoms with E-state index in [-0.39, 0.29) is 10.7 Å². The summed E-state index contributed by atoms with van der Waals surface area (Å²) in [5, 5.41) is 4.11. The maximum absolute atomic E-state index is 3.89. The Bertz CT molecular complexity index is 141. The Balaban J connectivity index is 2.69. The van der Waals surface area contributed by atoms with E-state index in [9.17, 15) is 0 Å². The van der Waals surface area contributed by atoms with Gasteiger partial charge >= 0.3 is 0 Å². The van der Waals surface area contributed by atoms with E-state index in [4.69, 9.17) is 0 Å². The minimum Gasteiger partial charge on any atom is -0.306 e. The van der Waals surface area contributed by atoms with Crippen LogP contribution in [0.3, 0.4) is 0 Å². The van der Waals surface area contributed by atoms with Gasteiger partial charge in [0.05, 0.1) is 0 Å². The molecule has 0 bridgehead atoms. The van der Waals surface area contributed by atoms with E-state index in [1.165, 1.54) is 0 Å². The maximum atomic E-state index is 3.89. The molecule has 0 aromatic rings. The lowest BCUT2D eigenvalue weighted by Gasteiger charge is -2.20. The Morgan fingerprint density at radius 1 is 1.50 bits per heavy atom. The van der Waals surface area contributed by atoms with Crippen LogP contribution in [0.1, 0.15) is 0 Å². The third-order valence-electron chi connectivity index (χ3n) is 1.22. The fraction of sp³-hybridized carbons (Fsp3) is 0.400. The Morgan fingerprint density at radius 2 is 2.12 bits per heavy atom. The van der Waals surface area contributed by atoms with E-state index in [0.29, 0.717) is 0 Å². The summed E-state index contributed by atoms with van der Waals surface area (Å²) in [4.78, 5) is 0. The second-order valence-electron chi connectivity index (χ2n) is 1.72. The van der Waals surface area contributed by atoms with Gasteiger partial charge in [-0.05, 0) is 5.41 Å². The van der Waals surface area contributed by atoms with Crippen LogP contribution in [0, 0.1) is 0 Å². The van der Waals surface area contributed by atoms with Crippen LogP contribution in [0.5, 0.6) is 0 Å². The van der Waals surface area contributed by atoms with E-state index in [1.54, 1.807) is 0 Å². The van der Waals surface area contributed by atoms with Gasteiger partial charge in [0.1, 0.15) is 0 Å². The van der Waals surface area contributed by atoms with Gasteiger partial charge < -0.3 is 5.01 Å². The molecule has 46 valence electrons. The molecule has 8 heavy (non-hydrogen) atoms. The van der Waals surface area contributed by atoms with E-state index >= 15 is 0 Å². The molecule has 0 amide bonds. The minimum absolute atomic E-state index is 0.0810. The zero-order chi connectivity index (χ0) is 6.15. The Kier molecular flexibility index (Phi) is 1.40. The van der Waals surface area contributed by atoms with E-state index in [0.717, 1.165) is 0 Å². The van der Waals surface area contributed by atoms with Crippen molar-refractivity contribution in [2.75, 3.05) is 14.1 Å². The first-order valence-corrected chi connectivity index (χ1v) is 3.81. The van der Waals surface area contributed by atoms with Gasteiger partial charge in [-0.3, -0.25) is 0 Å². The Morgan fingerprint density at radius 3 is 2.25 bits per heavy atom. The molecular weight excluding hydrogens is 120 g/mol. The van der Waals surface area contributed by atoms with Gasteiger partial charge in [-0.25, -0.2) is 0 Å². The fourth-order valence-corrected chi connectivity index (χ4v) is 1.38. The molecular formula is C5H10N2S. The van der Waals surface area contributed by atoms with Crippen molar-refractivity contribution in [1.82, 2.24) is 9.42 Å². The monoisotopic (exact) mass is 130 g/mol. The Hall–Kier alpha value is -0.280. The molecule has 0 aromatic carbocycles. The molecule has 0 aliphatic carbocycles. The molecule has 1 rings (SSSR count). The number of hydrogen-bond donors (Lipinski definition) is 0. The molecule has 1 aliphatic rings. The lowest BCUT2D eigenvalue weighted by Crippen LogP contribution is -2.22. The SMILES string of the molecule is C=S1C=CN(C)N1C. The predicted molar refractivity (Wildman–Crippen MR) is 39.4 cm³/mol. The van der Waals surface area contributed by atoms with Crippen LogP contribution in [0.15, 0.2) is 11.6 Å². The molecule has 0 saturated carbocycles. The van der Waals surface area contributed by atoms with Crippen molar-refractivity contribution in [1.29, 1.82) is 0 Å². The zero-order valence-electron chi connectivity index (χ0n) is 5.16. The van der Waals surface area contributed by atoms with Crippen molar-refractivity contribution < 1.29 is 0 Å². The molecule has 3 heteroatoms. The molecule has 0 aromatic heterocycles. The quantitative estimate of drug-likeness (QED) is 0.449. The van der Waals surface area contributed by atoms with Crippen molar-refractivity contribution in [3.8, 4) is 0 Å². The summed E-state index contributed by atoms with van der Waals surface area (Å²) >= 11 is 0. The van der Waals surface area contributed by atoms with E-state index < -0.39 is 0 Å². The van der Waals surface area contributed by atoms with Gasteiger partial charge in [-0.1, -0.05) is 16.5 Å². The van der Waals surface area contributed by atoms with Crippen molar-refractivity contribution in [2.24, 2.45) is 0 Å². The molecule has 0 saturated heterocycles. The summed E-state index contributed by atoms with van der Waals surface area (Å²) < 4.78 is 2.08.